The van der Waals surface area contributed by atoms with Gasteiger partial charge in [-0.3, -0.25) is 0 Å². The Bertz CT molecular complexity index is 503. The summed E-state index contributed by atoms with van der Waals surface area (Å²) in [6.07, 6.45) is 6.30. The van der Waals surface area contributed by atoms with Crippen LogP contribution < -0.4 is 4.74 Å². The van der Waals surface area contributed by atoms with Crippen LogP contribution in [0.4, 0.5) is 0 Å². The lowest BCUT2D eigenvalue weighted by molar-refractivity contribution is 0.504. The van der Waals surface area contributed by atoms with E-state index >= 15 is 0 Å². The van der Waals surface area contributed by atoms with Crippen molar-refractivity contribution >= 4 is 11.6 Å². The van der Waals surface area contributed by atoms with E-state index < -0.39 is 0 Å². The summed E-state index contributed by atoms with van der Waals surface area (Å²) in [6.45, 7) is 0. The van der Waals surface area contributed by atoms with Gasteiger partial charge in [0.25, 0.3) is 6.26 Å². The second kappa shape index (κ2) is 3.98. The molecule has 0 bridgehead atoms. The maximum absolute atomic E-state index is 8.30. The maximum Gasteiger partial charge on any atom is 0.292 e. The van der Waals surface area contributed by atoms with Gasteiger partial charge < -0.3 is 4.74 Å². The summed E-state index contributed by atoms with van der Waals surface area (Å²) in [4.78, 5) is 4.03. The predicted molar refractivity (Wildman–Crippen MR) is 52.6 cm³/mol. The van der Waals surface area contributed by atoms with Gasteiger partial charge in [0.05, 0.1) is 11.2 Å². The molecule has 0 aliphatic rings. The van der Waals surface area contributed by atoms with Gasteiger partial charge in [-0.25, -0.2) is 9.67 Å². The van der Waals surface area contributed by atoms with Gasteiger partial charge in [-0.2, -0.15) is 5.10 Å². The van der Waals surface area contributed by atoms with Crippen molar-refractivity contribution < 1.29 is 4.74 Å². The number of halogens is 1. The van der Waals surface area contributed by atoms with Crippen LogP contribution in [-0.2, 0) is 0 Å². The van der Waals surface area contributed by atoms with Crippen molar-refractivity contribution in [2.24, 2.45) is 0 Å². The average molecular weight is 221 g/mol. The lowest BCUT2D eigenvalue weighted by Crippen LogP contribution is -1.99. The number of aromatic nitrogens is 3. The second-order valence-corrected chi connectivity index (χ2v) is 3.03. The third-order valence-electron chi connectivity index (χ3n) is 1.68. The van der Waals surface area contributed by atoms with Gasteiger partial charge in [0, 0.05) is 18.5 Å². The van der Waals surface area contributed by atoms with E-state index in [4.69, 9.17) is 16.9 Å². The number of rotatable bonds is 2. The minimum Gasteiger partial charge on any atom is -0.386 e. The van der Waals surface area contributed by atoms with Gasteiger partial charge in [0.15, 0.2) is 11.6 Å². The van der Waals surface area contributed by atoms with Crippen LogP contribution in [-0.4, -0.2) is 14.8 Å². The van der Waals surface area contributed by atoms with Gasteiger partial charge in [-0.15, -0.1) is 5.26 Å². The third kappa shape index (κ3) is 1.90. The van der Waals surface area contributed by atoms with Gasteiger partial charge in [0.1, 0.15) is 0 Å². The Balaban J connectivity index is 2.40. The summed E-state index contributed by atoms with van der Waals surface area (Å²) in [5, 5.41) is 12.7. The Hall–Kier alpha value is -2.06. The molecule has 2 rings (SSSR count). The molecule has 2 aromatic heterocycles. The lowest BCUT2D eigenvalue weighted by Gasteiger charge is -2.03. The SMILES string of the molecule is N#COc1cnc(-n2cccn2)c(Cl)c1. The van der Waals surface area contributed by atoms with E-state index in [1.807, 2.05) is 0 Å². The normalized spacial score (nSPS) is 9.60. The van der Waals surface area contributed by atoms with Crippen LogP contribution in [0, 0.1) is 11.5 Å². The molecule has 0 radical (unpaired) electrons. The van der Waals surface area contributed by atoms with Gasteiger partial charge in [0.2, 0.25) is 0 Å². The molecular formula is C9H5ClN4O. The topological polar surface area (TPSA) is 63.7 Å². The zero-order valence-electron chi connectivity index (χ0n) is 7.46. The first-order valence-electron chi connectivity index (χ1n) is 4.03. The Kier molecular flexibility index (Phi) is 2.52. The highest BCUT2D eigenvalue weighted by atomic mass is 35.5. The molecule has 0 fully saturated rings. The van der Waals surface area contributed by atoms with E-state index in [1.165, 1.54) is 16.9 Å². The van der Waals surface area contributed by atoms with Crippen LogP contribution in [0.5, 0.6) is 5.75 Å². The zero-order chi connectivity index (χ0) is 10.7. The molecule has 0 aromatic carbocycles. The molecule has 0 aliphatic heterocycles. The first-order valence-corrected chi connectivity index (χ1v) is 4.40. The molecule has 0 unspecified atom stereocenters. The molecule has 0 aliphatic carbocycles. The standard InChI is InChI=1S/C9H5ClN4O/c10-8-4-7(15-6-11)5-12-9(8)14-3-1-2-13-14/h1-5H. The van der Waals surface area contributed by atoms with Crippen LogP contribution in [0.3, 0.4) is 0 Å². The van der Waals surface area contributed by atoms with Gasteiger partial charge in [-0.1, -0.05) is 11.6 Å². The number of ether oxygens (including phenoxy) is 1. The highest BCUT2D eigenvalue weighted by Crippen LogP contribution is 2.22. The summed E-state index contributed by atoms with van der Waals surface area (Å²) in [5.74, 6) is 0.797. The molecule has 2 aromatic rings. The fraction of sp³-hybridized carbons (Fsp3) is 0. The van der Waals surface area contributed by atoms with Crippen LogP contribution in [0.1, 0.15) is 0 Å². The van der Waals surface area contributed by atoms with E-state index in [1.54, 1.807) is 24.7 Å². The largest absolute Gasteiger partial charge is 0.386 e. The quantitative estimate of drug-likeness (QED) is 0.724. The molecule has 0 saturated carbocycles. The van der Waals surface area contributed by atoms with Crippen molar-refractivity contribution in [2.75, 3.05) is 0 Å². The number of nitriles is 1. The van der Waals surface area contributed by atoms with E-state index in [0.717, 1.165) is 0 Å². The Labute approximate surface area is 90.5 Å². The molecule has 74 valence electrons. The Morgan fingerprint density at radius 2 is 2.40 bits per heavy atom. The summed E-state index contributed by atoms with van der Waals surface area (Å²) >= 11 is 5.94. The molecule has 6 heteroatoms. The van der Waals surface area contributed by atoms with E-state index in [9.17, 15) is 0 Å². The fourth-order valence-electron chi connectivity index (χ4n) is 1.08. The summed E-state index contributed by atoms with van der Waals surface area (Å²) in [7, 11) is 0. The summed E-state index contributed by atoms with van der Waals surface area (Å²) in [6, 6.07) is 3.27. The third-order valence-corrected chi connectivity index (χ3v) is 1.96. The molecule has 0 atom stereocenters. The molecule has 0 spiro atoms. The van der Waals surface area contributed by atoms with Crippen molar-refractivity contribution in [2.45, 2.75) is 0 Å². The number of hydrogen-bond acceptors (Lipinski definition) is 4. The minimum absolute atomic E-state index is 0.304. The summed E-state index contributed by atoms with van der Waals surface area (Å²) < 4.78 is 6.11. The minimum atomic E-state index is 0.304. The zero-order valence-corrected chi connectivity index (χ0v) is 8.22. The van der Waals surface area contributed by atoms with E-state index in [-0.39, 0.29) is 0 Å². The van der Waals surface area contributed by atoms with E-state index in [0.29, 0.717) is 16.6 Å². The van der Waals surface area contributed by atoms with Gasteiger partial charge in [-0.05, 0) is 6.07 Å². The smallest absolute Gasteiger partial charge is 0.292 e. The fourth-order valence-corrected chi connectivity index (χ4v) is 1.33. The lowest BCUT2D eigenvalue weighted by atomic mass is 10.4. The van der Waals surface area contributed by atoms with E-state index in [2.05, 4.69) is 14.8 Å². The van der Waals surface area contributed by atoms with Crippen molar-refractivity contribution in [3.8, 4) is 17.8 Å². The van der Waals surface area contributed by atoms with Crippen molar-refractivity contribution in [3.05, 3.63) is 35.7 Å². The van der Waals surface area contributed by atoms with Gasteiger partial charge >= 0.3 is 0 Å². The monoisotopic (exact) mass is 220 g/mol. The first-order chi connectivity index (χ1) is 7.31. The van der Waals surface area contributed by atoms with Crippen molar-refractivity contribution in [1.29, 1.82) is 5.26 Å². The number of hydrogen-bond donors (Lipinski definition) is 0. The average Bonchev–Trinajstić information content (AvgIpc) is 2.71. The molecule has 0 saturated heterocycles. The molecule has 0 N–H and O–H groups in total. The highest BCUT2D eigenvalue weighted by Gasteiger charge is 2.06. The molecule has 5 nitrogen and oxygen atoms in total. The van der Waals surface area contributed by atoms with Crippen LogP contribution in [0.25, 0.3) is 5.82 Å². The molecule has 2 heterocycles. The Morgan fingerprint density at radius 3 is 3.00 bits per heavy atom. The number of nitrogens with zero attached hydrogens (tertiary/aromatic N) is 4. The van der Waals surface area contributed by atoms with Crippen LogP contribution in [0.2, 0.25) is 5.02 Å². The Morgan fingerprint density at radius 1 is 1.53 bits per heavy atom. The van der Waals surface area contributed by atoms with Crippen LogP contribution >= 0.6 is 11.6 Å². The number of pyridine rings is 1. The van der Waals surface area contributed by atoms with Crippen molar-refractivity contribution in [1.82, 2.24) is 14.8 Å². The highest BCUT2D eigenvalue weighted by molar-refractivity contribution is 6.32. The summed E-state index contributed by atoms with van der Waals surface area (Å²) in [5.41, 5.74) is 0. The molecule has 15 heavy (non-hydrogen) atoms. The maximum atomic E-state index is 8.30. The molecular weight excluding hydrogens is 216 g/mol. The second-order valence-electron chi connectivity index (χ2n) is 2.62. The van der Waals surface area contributed by atoms with Crippen molar-refractivity contribution in [3.63, 3.8) is 0 Å². The predicted octanol–water partition coefficient (Wildman–Crippen LogP) is 1.78. The van der Waals surface area contributed by atoms with Crippen LogP contribution in [0.15, 0.2) is 30.7 Å². The first kappa shape index (κ1) is 9.49. The molecule has 0 amide bonds.